The zero-order valence-electron chi connectivity index (χ0n) is 14.5. The number of hydrogen-bond donors (Lipinski definition) is 1. The minimum atomic E-state index is -0.432. The maximum Gasteiger partial charge on any atom is 0.292 e. The molecule has 6 nitrogen and oxygen atoms in total. The molecule has 0 atom stereocenters. The molecule has 0 fully saturated rings. The van der Waals surface area contributed by atoms with Crippen molar-refractivity contribution in [3.63, 3.8) is 0 Å². The van der Waals surface area contributed by atoms with E-state index in [0.29, 0.717) is 17.3 Å². The van der Waals surface area contributed by atoms with Crippen molar-refractivity contribution in [2.75, 3.05) is 0 Å². The Hall–Kier alpha value is -2.80. The molecule has 0 aliphatic carbocycles. The molecule has 2 heterocycles. The van der Waals surface area contributed by atoms with Crippen molar-refractivity contribution < 1.29 is 4.79 Å². The Morgan fingerprint density at radius 1 is 1.23 bits per heavy atom. The molecule has 0 bridgehead atoms. The number of nitrogens with one attached hydrogen (secondary N) is 1. The Morgan fingerprint density at radius 2 is 2.04 bits per heavy atom. The molecule has 3 rings (SSSR count). The van der Waals surface area contributed by atoms with E-state index in [1.165, 1.54) is 16.0 Å². The summed E-state index contributed by atoms with van der Waals surface area (Å²) in [6, 6.07) is 10.9. The summed E-state index contributed by atoms with van der Waals surface area (Å²) >= 11 is 1.53. The number of hydrazone groups is 1. The van der Waals surface area contributed by atoms with Crippen LogP contribution in [0.5, 0.6) is 0 Å². The first-order valence-electron chi connectivity index (χ1n) is 8.57. The predicted octanol–water partition coefficient (Wildman–Crippen LogP) is 3.41. The van der Waals surface area contributed by atoms with Crippen LogP contribution in [0.2, 0.25) is 0 Å². The highest BCUT2D eigenvalue weighted by Gasteiger charge is 2.16. The molecule has 0 unspecified atom stereocenters. The van der Waals surface area contributed by atoms with Crippen molar-refractivity contribution in [1.29, 1.82) is 0 Å². The lowest BCUT2D eigenvalue weighted by Gasteiger charge is -2.10. The summed E-state index contributed by atoms with van der Waals surface area (Å²) < 4.78 is 1.38. The van der Waals surface area contributed by atoms with E-state index in [-0.39, 0.29) is 11.3 Å². The topological polar surface area (TPSA) is 76.3 Å². The van der Waals surface area contributed by atoms with Gasteiger partial charge in [0.05, 0.1) is 11.6 Å². The van der Waals surface area contributed by atoms with Gasteiger partial charge in [0.25, 0.3) is 11.5 Å². The van der Waals surface area contributed by atoms with Gasteiger partial charge in [-0.15, -0.1) is 11.3 Å². The van der Waals surface area contributed by atoms with Crippen LogP contribution in [0.3, 0.4) is 0 Å². The van der Waals surface area contributed by atoms with Crippen LogP contribution in [0.4, 0.5) is 0 Å². The van der Waals surface area contributed by atoms with Crippen LogP contribution in [0.15, 0.2) is 51.7 Å². The maximum absolute atomic E-state index is 12.6. The summed E-state index contributed by atoms with van der Waals surface area (Å²) in [4.78, 5) is 26.1. The second kappa shape index (κ2) is 8.53. The van der Waals surface area contributed by atoms with E-state index in [2.05, 4.69) is 22.5 Å². The maximum atomic E-state index is 12.6. The van der Waals surface area contributed by atoms with E-state index < -0.39 is 5.91 Å². The number of aryl methyl sites for hydroxylation is 1. The van der Waals surface area contributed by atoms with Crippen LogP contribution >= 0.6 is 11.3 Å². The molecule has 0 spiro atoms. The van der Waals surface area contributed by atoms with Crippen molar-refractivity contribution in [3.05, 3.63) is 62.7 Å². The largest absolute Gasteiger partial charge is 0.292 e. The number of thiophene rings is 1. The highest BCUT2D eigenvalue weighted by Crippen LogP contribution is 2.13. The number of benzene rings is 1. The highest BCUT2D eigenvalue weighted by atomic mass is 32.1. The van der Waals surface area contributed by atoms with E-state index in [1.807, 2.05) is 17.5 Å². The Morgan fingerprint density at radius 3 is 2.77 bits per heavy atom. The lowest BCUT2D eigenvalue weighted by atomic mass is 10.1. The van der Waals surface area contributed by atoms with E-state index in [0.717, 1.165) is 24.1 Å². The van der Waals surface area contributed by atoms with Gasteiger partial charge in [-0.05, 0) is 23.9 Å². The van der Waals surface area contributed by atoms with Crippen LogP contribution < -0.4 is 11.0 Å². The number of carbonyl (C=O) groups excluding carboxylic acids is 1. The molecule has 26 heavy (non-hydrogen) atoms. The van der Waals surface area contributed by atoms with Gasteiger partial charge in [-0.3, -0.25) is 9.59 Å². The number of aromatic nitrogens is 2. The number of unbranched alkanes of at least 4 members (excludes halogenated alkanes) is 2. The number of rotatable bonds is 7. The first-order chi connectivity index (χ1) is 12.7. The number of hydrogen-bond acceptors (Lipinski definition) is 5. The Bertz CT molecular complexity index is 977. The SMILES string of the molecule is CCCCCn1nc(C(=O)N/N=C\c2cccs2)c2ccccc2c1=O. The fourth-order valence-electron chi connectivity index (χ4n) is 2.64. The fourth-order valence-corrected chi connectivity index (χ4v) is 3.22. The van der Waals surface area contributed by atoms with Gasteiger partial charge in [-0.2, -0.15) is 10.2 Å². The molecule has 0 saturated heterocycles. The fraction of sp³-hybridized carbons (Fsp3) is 0.263. The van der Waals surface area contributed by atoms with Crippen molar-refractivity contribution in [2.24, 2.45) is 5.10 Å². The van der Waals surface area contributed by atoms with Gasteiger partial charge in [0, 0.05) is 16.8 Å². The molecular weight excluding hydrogens is 348 g/mol. The third kappa shape index (κ3) is 4.05. The average Bonchev–Trinajstić information content (AvgIpc) is 3.17. The second-order valence-corrected chi connectivity index (χ2v) is 6.82. The molecule has 7 heteroatoms. The van der Waals surface area contributed by atoms with E-state index in [9.17, 15) is 9.59 Å². The van der Waals surface area contributed by atoms with Crippen molar-refractivity contribution in [3.8, 4) is 0 Å². The molecule has 3 aromatic rings. The standard InChI is InChI=1S/C19H20N4O2S/c1-2-3-6-11-23-19(25)16-10-5-4-9-15(16)17(22-23)18(24)21-20-13-14-8-7-12-26-14/h4-5,7-10,12-13H,2-3,6,11H2,1H3,(H,21,24)/b20-13-. The summed E-state index contributed by atoms with van der Waals surface area (Å²) in [5, 5.41) is 11.3. The number of carbonyl (C=O) groups is 1. The molecule has 1 amide bonds. The van der Waals surface area contributed by atoms with Gasteiger partial charge in [0.15, 0.2) is 5.69 Å². The monoisotopic (exact) mass is 368 g/mol. The third-order valence-electron chi connectivity index (χ3n) is 3.96. The van der Waals surface area contributed by atoms with Gasteiger partial charge < -0.3 is 0 Å². The van der Waals surface area contributed by atoms with Crippen LogP contribution in [0.25, 0.3) is 10.8 Å². The molecule has 1 N–H and O–H groups in total. The van der Waals surface area contributed by atoms with Crippen LogP contribution in [-0.4, -0.2) is 21.9 Å². The predicted molar refractivity (Wildman–Crippen MR) is 105 cm³/mol. The molecule has 0 aliphatic rings. The first-order valence-corrected chi connectivity index (χ1v) is 9.45. The normalized spacial score (nSPS) is 11.3. The number of nitrogens with zero attached hydrogens (tertiary/aromatic N) is 3. The van der Waals surface area contributed by atoms with Gasteiger partial charge in [-0.1, -0.05) is 44.0 Å². The lowest BCUT2D eigenvalue weighted by molar-refractivity contribution is 0.0949. The first kappa shape index (κ1) is 18.0. The molecule has 0 radical (unpaired) electrons. The molecular formula is C19H20N4O2S. The molecule has 1 aromatic carbocycles. The van der Waals surface area contributed by atoms with Gasteiger partial charge in [0.2, 0.25) is 0 Å². The smallest absolute Gasteiger partial charge is 0.267 e. The highest BCUT2D eigenvalue weighted by molar-refractivity contribution is 7.11. The minimum absolute atomic E-state index is 0.171. The average molecular weight is 368 g/mol. The Kier molecular flexibility index (Phi) is 5.91. The molecule has 2 aromatic heterocycles. The zero-order chi connectivity index (χ0) is 18.4. The van der Waals surface area contributed by atoms with Crippen molar-refractivity contribution in [2.45, 2.75) is 32.7 Å². The van der Waals surface area contributed by atoms with E-state index in [4.69, 9.17) is 0 Å². The lowest BCUT2D eigenvalue weighted by Crippen LogP contribution is -2.29. The summed E-state index contributed by atoms with van der Waals surface area (Å²) in [6.45, 7) is 2.59. The Labute approximate surface area is 155 Å². The molecule has 134 valence electrons. The second-order valence-electron chi connectivity index (χ2n) is 5.84. The summed E-state index contributed by atoms with van der Waals surface area (Å²) in [6.07, 6.45) is 4.49. The number of amides is 1. The van der Waals surface area contributed by atoms with Crippen LogP contribution in [0, 0.1) is 0 Å². The quantitative estimate of drug-likeness (QED) is 0.394. The van der Waals surface area contributed by atoms with Gasteiger partial charge >= 0.3 is 0 Å². The zero-order valence-corrected chi connectivity index (χ0v) is 15.3. The van der Waals surface area contributed by atoms with E-state index >= 15 is 0 Å². The summed E-state index contributed by atoms with van der Waals surface area (Å²) in [5.74, 6) is -0.432. The van der Waals surface area contributed by atoms with Crippen molar-refractivity contribution >= 4 is 34.2 Å². The summed E-state index contributed by atoms with van der Waals surface area (Å²) in [5.41, 5.74) is 2.54. The van der Waals surface area contributed by atoms with Gasteiger partial charge in [-0.25, -0.2) is 10.1 Å². The van der Waals surface area contributed by atoms with Gasteiger partial charge in [0.1, 0.15) is 0 Å². The van der Waals surface area contributed by atoms with Crippen molar-refractivity contribution in [1.82, 2.24) is 15.2 Å². The summed E-state index contributed by atoms with van der Waals surface area (Å²) in [7, 11) is 0. The minimum Gasteiger partial charge on any atom is -0.267 e. The molecule has 0 aliphatic heterocycles. The third-order valence-corrected chi connectivity index (χ3v) is 4.76. The number of fused-ring (bicyclic) bond motifs is 1. The van der Waals surface area contributed by atoms with Crippen LogP contribution in [-0.2, 0) is 6.54 Å². The Balaban J connectivity index is 1.91. The molecule has 0 saturated carbocycles. The van der Waals surface area contributed by atoms with Crippen LogP contribution in [0.1, 0.15) is 41.6 Å². The van der Waals surface area contributed by atoms with E-state index in [1.54, 1.807) is 30.5 Å².